The highest BCUT2D eigenvalue weighted by Gasteiger charge is 2.44. The molecule has 0 bridgehead atoms. The number of hydrogen-bond donors (Lipinski definition) is 1. The molecular weight excluding hydrogens is 320 g/mol. The first kappa shape index (κ1) is 17.9. The van der Waals surface area contributed by atoms with Crippen molar-refractivity contribution in [1.29, 1.82) is 0 Å². The second-order valence-electron chi connectivity index (χ2n) is 7.71. The molecule has 2 fully saturated rings. The standard InChI is InChI=1S/C19H30N2O2S/c1-14(2)18(22)20-17-13-23-10-7-19(17)5-8-21(9-6-19)12-16-15(3)4-11-24-16/h4,11,14,17H,5-10,12-13H2,1-3H3,(H,20,22)/t17-/m0/s1. The third-order valence-corrected chi connectivity index (χ3v) is 6.80. The first-order valence-electron chi connectivity index (χ1n) is 9.14. The maximum absolute atomic E-state index is 12.2. The summed E-state index contributed by atoms with van der Waals surface area (Å²) in [6.45, 7) is 10.9. The van der Waals surface area contributed by atoms with Gasteiger partial charge in [0.2, 0.25) is 5.91 Å². The molecule has 1 aromatic rings. The van der Waals surface area contributed by atoms with Gasteiger partial charge in [-0.1, -0.05) is 13.8 Å². The lowest BCUT2D eigenvalue weighted by atomic mass is 9.69. The van der Waals surface area contributed by atoms with E-state index in [0.717, 1.165) is 45.5 Å². The van der Waals surface area contributed by atoms with E-state index in [2.05, 4.69) is 28.6 Å². The molecule has 1 aromatic heterocycles. The van der Waals surface area contributed by atoms with Crippen LogP contribution < -0.4 is 5.32 Å². The summed E-state index contributed by atoms with van der Waals surface area (Å²) in [6.07, 6.45) is 3.38. The van der Waals surface area contributed by atoms with E-state index in [1.165, 1.54) is 10.4 Å². The molecule has 0 aliphatic carbocycles. The van der Waals surface area contributed by atoms with Crippen molar-refractivity contribution in [2.45, 2.75) is 52.6 Å². The van der Waals surface area contributed by atoms with Crippen molar-refractivity contribution < 1.29 is 9.53 Å². The number of hydrogen-bond acceptors (Lipinski definition) is 4. The molecule has 1 amide bonds. The summed E-state index contributed by atoms with van der Waals surface area (Å²) in [4.78, 5) is 16.2. The summed E-state index contributed by atoms with van der Waals surface area (Å²) in [5, 5.41) is 5.45. The highest BCUT2D eigenvalue weighted by atomic mass is 32.1. The van der Waals surface area contributed by atoms with Crippen molar-refractivity contribution in [2.75, 3.05) is 26.3 Å². The third kappa shape index (κ3) is 3.84. The number of piperidine rings is 1. The van der Waals surface area contributed by atoms with E-state index in [1.54, 1.807) is 0 Å². The zero-order valence-electron chi connectivity index (χ0n) is 15.1. The fraction of sp³-hybridized carbons (Fsp3) is 0.737. The predicted octanol–water partition coefficient (Wildman–Crippen LogP) is 3.20. The second kappa shape index (κ2) is 7.54. The van der Waals surface area contributed by atoms with Crippen LogP contribution in [-0.2, 0) is 16.1 Å². The molecule has 2 aliphatic rings. The molecule has 2 aliphatic heterocycles. The Bertz CT molecular complexity index is 561. The Hall–Kier alpha value is -0.910. The number of likely N-dealkylation sites (tertiary alicyclic amines) is 1. The molecule has 3 rings (SSSR count). The number of carbonyl (C=O) groups is 1. The van der Waals surface area contributed by atoms with Crippen molar-refractivity contribution in [3.05, 3.63) is 21.9 Å². The van der Waals surface area contributed by atoms with Gasteiger partial charge in [0.05, 0.1) is 12.6 Å². The molecular formula is C19H30N2O2S. The predicted molar refractivity (Wildman–Crippen MR) is 98.2 cm³/mol. The van der Waals surface area contributed by atoms with Gasteiger partial charge in [0.15, 0.2) is 0 Å². The van der Waals surface area contributed by atoms with E-state index < -0.39 is 0 Å². The van der Waals surface area contributed by atoms with E-state index in [1.807, 2.05) is 25.2 Å². The molecule has 1 N–H and O–H groups in total. The van der Waals surface area contributed by atoms with Gasteiger partial charge in [0.1, 0.15) is 0 Å². The van der Waals surface area contributed by atoms with Gasteiger partial charge in [-0.15, -0.1) is 11.3 Å². The Kier molecular flexibility index (Phi) is 5.63. The lowest BCUT2D eigenvalue weighted by molar-refractivity contribution is -0.129. The zero-order valence-corrected chi connectivity index (χ0v) is 16.0. The van der Waals surface area contributed by atoms with E-state index in [0.29, 0.717) is 6.61 Å². The summed E-state index contributed by atoms with van der Waals surface area (Å²) in [6, 6.07) is 2.38. The monoisotopic (exact) mass is 350 g/mol. The normalized spacial score (nSPS) is 24.4. The Morgan fingerprint density at radius 2 is 2.17 bits per heavy atom. The van der Waals surface area contributed by atoms with Gasteiger partial charge >= 0.3 is 0 Å². The number of aryl methyl sites for hydroxylation is 1. The number of carbonyl (C=O) groups excluding carboxylic acids is 1. The minimum Gasteiger partial charge on any atom is -0.379 e. The minimum atomic E-state index is 0.0332. The highest BCUT2D eigenvalue weighted by molar-refractivity contribution is 7.10. The van der Waals surface area contributed by atoms with Gasteiger partial charge in [-0.2, -0.15) is 0 Å². The SMILES string of the molecule is Cc1ccsc1CN1CCC2(CCOC[C@@H]2NC(=O)C(C)C)CC1. The van der Waals surface area contributed by atoms with Crippen LogP contribution in [0.3, 0.4) is 0 Å². The third-order valence-electron chi connectivity index (χ3n) is 5.80. The molecule has 3 heterocycles. The highest BCUT2D eigenvalue weighted by Crippen LogP contribution is 2.41. The molecule has 24 heavy (non-hydrogen) atoms. The van der Waals surface area contributed by atoms with Crippen LogP contribution in [0.25, 0.3) is 0 Å². The van der Waals surface area contributed by atoms with E-state index in [9.17, 15) is 4.79 Å². The average molecular weight is 351 g/mol. The largest absolute Gasteiger partial charge is 0.379 e. The van der Waals surface area contributed by atoms with Crippen LogP contribution in [0.4, 0.5) is 0 Å². The number of nitrogens with one attached hydrogen (secondary N) is 1. The molecule has 1 spiro atoms. The van der Waals surface area contributed by atoms with Crippen LogP contribution in [0.2, 0.25) is 0 Å². The summed E-state index contributed by atoms with van der Waals surface area (Å²) < 4.78 is 5.69. The second-order valence-corrected chi connectivity index (χ2v) is 8.71. The van der Waals surface area contributed by atoms with Crippen molar-refractivity contribution in [3.8, 4) is 0 Å². The lowest BCUT2D eigenvalue weighted by Gasteiger charge is -2.49. The van der Waals surface area contributed by atoms with Crippen molar-refractivity contribution in [1.82, 2.24) is 10.2 Å². The van der Waals surface area contributed by atoms with Crippen molar-refractivity contribution >= 4 is 17.2 Å². The summed E-state index contributed by atoms with van der Waals surface area (Å²) >= 11 is 1.86. The van der Waals surface area contributed by atoms with Crippen LogP contribution in [0.15, 0.2) is 11.4 Å². The Balaban J connectivity index is 1.61. The summed E-state index contributed by atoms with van der Waals surface area (Å²) in [7, 11) is 0. The average Bonchev–Trinajstić information content (AvgIpc) is 2.97. The topological polar surface area (TPSA) is 41.6 Å². The number of ether oxygens (including phenoxy) is 1. The van der Waals surface area contributed by atoms with E-state index in [4.69, 9.17) is 4.74 Å². The molecule has 5 heteroatoms. The molecule has 1 atom stereocenters. The molecule has 2 saturated heterocycles. The number of nitrogens with zero attached hydrogens (tertiary/aromatic N) is 1. The fourth-order valence-corrected chi connectivity index (χ4v) is 4.83. The molecule has 0 saturated carbocycles. The van der Waals surface area contributed by atoms with Crippen molar-refractivity contribution in [2.24, 2.45) is 11.3 Å². The Morgan fingerprint density at radius 1 is 1.42 bits per heavy atom. The molecule has 0 unspecified atom stereocenters. The van der Waals surface area contributed by atoms with Crippen LogP contribution in [0.5, 0.6) is 0 Å². The summed E-state index contributed by atoms with van der Waals surface area (Å²) in [5.74, 6) is 0.187. The van der Waals surface area contributed by atoms with Crippen LogP contribution in [-0.4, -0.2) is 43.2 Å². The van der Waals surface area contributed by atoms with Gasteiger partial charge in [-0.05, 0) is 61.7 Å². The Morgan fingerprint density at radius 3 is 2.79 bits per heavy atom. The Labute approximate surface area is 149 Å². The first-order chi connectivity index (χ1) is 11.5. The minimum absolute atomic E-state index is 0.0332. The van der Waals surface area contributed by atoms with Crippen LogP contribution in [0.1, 0.15) is 43.6 Å². The van der Waals surface area contributed by atoms with Gasteiger partial charge < -0.3 is 10.1 Å². The molecule has 0 radical (unpaired) electrons. The van der Waals surface area contributed by atoms with Crippen molar-refractivity contribution in [3.63, 3.8) is 0 Å². The maximum Gasteiger partial charge on any atom is 0.222 e. The molecule has 0 aromatic carbocycles. The van der Waals surface area contributed by atoms with E-state index in [-0.39, 0.29) is 23.3 Å². The fourth-order valence-electron chi connectivity index (χ4n) is 3.88. The number of amides is 1. The molecule has 134 valence electrons. The van der Waals surface area contributed by atoms with Gasteiger partial charge in [0.25, 0.3) is 0 Å². The quantitative estimate of drug-likeness (QED) is 0.907. The summed E-state index contributed by atoms with van der Waals surface area (Å²) in [5.41, 5.74) is 1.64. The number of thiophene rings is 1. The smallest absolute Gasteiger partial charge is 0.222 e. The first-order valence-corrected chi connectivity index (χ1v) is 10.0. The van der Waals surface area contributed by atoms with Crippen LogP contribution >= 0.6 is 11.3 Å². The van der Waals surface area contributed by atoms with Crippen LogP contribution in [0, 0.1) is 18.3 Å². The lowest BCUT2D eigenvalue weighted by Crippen LogP contribution is -2.58. The van der Waals surface area contributed by atoms with E-state index >= 15 is 0 Å². The zero-order chi connectivity index (χ0) is 17.2. The van der Waals surface area contributed by atoms with Gasteiger partial charge in [-0.25, -0.2) is 0 Å². The molecule has 4 nitrogen and oxygen atoms in total. The van der Waals surface area contributed by atoms with Gasteiger partial charge in [0, 0.05) is 23.9 Å². The maximum atomic E-state index is 12.2. The van der Waals surface area contributed by atoms with Gasteiger partial charge in [-0.3, -0.25) is 9.69 Å². The number of rotatable bonds is 4.